The van der Waals surface area contributed by atoms with Crippen molar-refractivity contribution < 1.29 is 22.6 Å². The van der Waals surface area contributed by atoms with E-state index < -0.39 is 11.7 Å². The van der Waals surface area contributed by atoms with Gasteiger partial charge in [0.05, 0.1) is 43.6 Å². The molecule has 1 atom stereocenters. The highest BCUT2D eigenvalue weighted by Gasteiger charge is 2.59. The number of rotatable bonds is 4. The third kappa shape index (κ3) is 3.08. The van der Waals surface area contributed by atoms with Gasteiger partial charge in [0, 0.05) is 54.2 Å². The van der Waals surface area contributed by atoms with Crippen molar-refractivity contribution in [2.24, 2.45) is 5.92 Å². The average Bonchev–Trinajstić information content (AvgIpc) is 3.52. The molecule has 2 saturated heterocycles. The predicted molar refractivity (Wildman–Crippen MR) is 117 cm³/mol. The van der Waals surface area contributed by atoms with Crippen molar-refractivity contribution in [2.45, 2.75) is 42.9 Å². The maximum absolute atomic E-state index is 13.5. The second kappa shape index (κ2) is 7.29. The van der Waals surface area contributed by atoms with Crippen molar-refractivity contribution in [1.29, 1.82) is 0 Å². The third-order valence-electron chi connectivity index (χ3n) is 8.35. The summed E-state index contributed by atoms with van der Waals surface area (Å²) in [6, 6.07) is 1.91. The predicted octanol–water partition coefficient (Wildman–Crippen LogP) is 3.98. The molecule has 3 aromatic rings. The Kier molecular flexibility index (Phi) is 4.48. The fraction of sp³-hybridized carbons (Fsp3) is 0.583. The van der Waals surface area contributed by atoms with Crippen LogP contribution in [0.1, 0.15) is 42.6 Å². The van der Waals surface area contributed by atoms with Crippen LogP contribution in [-0.4, -0.2) is 69.5 Å². The van der Waals surface area contributed by atoms with E-state index in [1.807, 2.05) is 6.20 Å². The van der Waals surface area contributed by atoms with Crippen LogP contribution in [0.5, 0.6) is 0 Å². The number of aromatic amines is 1. The lowest BCUT2D eigenvalue weighted by atomic mass is 9.75. The molecule has 3 aliphatic carbocycles. The Balaban J connectivity index is 1.25. The van der Waals surface area contributed by atoms with Crippen molar-refractivity contribution >= 4 is 11.0 Å². The molecule has 7 nitrogen and oxygen atoms in total. The molecule has 3 saturated carbocycles. The molecule has 5 fully saturated rings. The Labute approximate surface area is 194 Å². The Morgan fingerprint density at radius 2 is 1.88 bits per heavy atom. The highest BCUT2D eigenvalue weighted by molar-refractivity contribution is 5.84. The minimum absolute atomic E-state index is 0.0717. The van der Waals surface area contributed by atoms with Gasteiger partial charge in [0.15, 0.2) is 0 Å². The molecule has 3 aromatic heterocycles. The summed E-state index contributed by atoms with van der Waals surface area (Å²) in [7, 11) is 0. The molecule has 2 bridgehead atoms. The van der Waals surface area contributed by atoms with Crippen molar-refractivity contribution in [3.05, 3.63) is 36.0 Å². The first-order valence-electron chi connectivity index (χ1n) is 12.0. The first-order valence-corrected chi connectivity index (χ1v) is 12.0. The number of fused-ring (bicyclic) bond motifs is 2. The number of hydrogen-bond acceptors (Lipinski definition) is 5. The van der Waals surface area contributed by atoms with E-state index in [4.69, 9.17) is 14.5 Å². The van der Waals surface area contributed by atoms with Crippen LogP contribution in [-0.2, 0) is 15.7 Å². The normalized spacial score (nSPS) is 30.0. The highest BCUT2D eigenvalue weighted by Crippen LogP contribution is 2.61. The van der Waals surface area contributed by atoms with Crippen molar-refractivity contribution in [3.8, 4) is 11.3 Å². The van der Waals surface area contributed by atoms with E-state index >= 15 is 0 Å². The lowest BCUT2D eigenvalue weighted by Gasteiger charge is -2.49. The summed E-state index contributed by atoms with van der Waals surface area (Å²) in [6.07, 6.45) is 3.65. The van der Waals surface area contributed by atoms with Gasteiger partial charge < -0.3 is 19.0 Å². The molecular weight excluding hydrogens is 447 g/mol. The van der Waals surface area contributed by atoms with Crippen LogP contribution in [0.15, 0.2) is 24.7 Å². The van der Waals surface area contributed by atoms with Gasteiger partial charge in [0.25, 0.3) is 0 Å². The molecule has 34 heavy (non-hydrogen) atoms. The quantitative estimate of drug-likeness (QED) is 0.621. The number of imidazole rings is 1. The monoisotopic (exact) mass is 473 g/mol. The van der Waals surface area contributed by atoms with Crippen molar-refractivity contribution in [2.75, 3.05) is 39.5 Å². The summed E-state index contributed by atoms with van der Waals surface area (Å²) < 4.78 is 53.7. The first-order chi connectivity index (χ1) is 16.4. The van der Waals surface area contributed by atoms with Crippen LogP contribution in [0.4, 0.5) is 13.2 Å². The molecule has 0 unspecified atom stereocenters. The van der Waals surface area contributed by atoms with E-state index in [0.717, 1.165) is 44.7 Å². The van der Waals surface area contributed by atoms with Gasteiger partial charge in [-0.1, -0.05) is 0 Å². The summed E-state index contributed by atoms with van der Waals surface area (Å²) in [5.74, 6) is 1.81. The number of nitrogens with zero attached hydrogens (tertiary/aromatic N) is 4. The van der Waals surface area contributed by atoms with Gasteiger partial charge in [-0.2, -0.15) is 13.2 Å². The largest absolute Gasteiger partial charge is 0.418 e. The number of nitrogens with one attached hydrogen (secondary N) is 1. The third-order valence-corrected chi connectivity index (χ3v) is 8.35. The number of hydrogen-bond donors (Lipinski definition) is 1. The van der Waals surface area contributed by atoms with Gasteiger partial charge in [0.2, 0.25) is 0 Å². The summed E-state index contributed by atoms with van der Waals surface area (Å²) in [6.45, 7) is 4.84. The maximum atomic E-state index is 13.5. The highest BCUT2D eigenvalue weighted by atomic mass is 19.4. The number of alkyl halides is 3. The molecule has 1 N–H and O–H groups in total. The maximum Gasteiger partial charge on any atom is 0.418 e. The molecule has 180 valence electrons. The molecule has 2 aliphatic heterocycles. The van der Waals surface area contributed by atoms with E-state index in [9.17, 15) is 13.2 Å². The lowest BCUT2D eigenvalue weighted by Crippen LogP contribution is -2.56. The molecule has 0 spiro atoms. The van der Waals surface area contributed by atoms with Crippen LogP contribution in [0.2, 0.25) is 0 Å². The van der Waals surface area contributed by atoms with Crippen LogP contribution in [0, 0.1) is 5.92 Å². The number of pyridine rings is 1. The fourth-order valence-corrected chi connectivity index (χ4v) is 6.54. The molecule has 10 heteroatoms. The Morgan fingerprint density at radius 3 is 2.59 bits per heavy atom. The van der Waals surface area contributed by atoms with Crippen molar-refractivity contribution in [1.82, 2.24) is 24.4 Å². The number of halogens is 3. The molecular formula is C24H26F3N5O2. The minimum atomic E-state index is -4.44. The Hall–Kier alpha value is -2.43. The SMILES string of the molecule is FC(F)(F)c1c[nH]c2ncc(-c3cn([C@H]4CC5(N6CCOCC6)CC4C5)c(C4COC4)n3)cc12. The van der Waals surface area contributed by atoms with E-state index in [1.165, 1.54) is 12.8 Å². The minimum Gasteiger partial charge on any atom is -0.380 e. The van der Waals surface area contributed by atoms with Gasteiger partial charge in [-0.3, -0.25) is 4.90 Å². The Bertz CT molecular complexity index is 1240. The van der Waals surface area contributed by atoms with Crippen LogP contribution < -0.4 is 0 Å². The van der Waals surface area contributed by atoms with Gasteiger partial charge in [-0.25, -0.2) is 9.97 Å². The second-order valence-corrected chi connectivity index (χ2v) is 10.2. The number of ether oxygens (including phenoxy) is 2. The molecule has 5 aliphatic rings. The number of morpholine rings is 1. The van der Waals surface area contributed by atoms with Crippen LogP contribution in [0.3, 0.4) is 0 Å². The van der Waals surface area contributed by atoms with Gasteiger partial charge in [-0.05, 0) is 31.2 Å². The summed E-state index contributed by atoms with van der Waals surface area (Å²) >= 11 is 0. The van der Waals surface area contributed by atoms with Gasteiger partial charge in [0.1, 0.15) is 11.5 Å². The average molecular weight is 473 g/mol. The van der Waals surface area contributed by atoms with Gasteiger partial charge >= 0.3 is 6.18 Å². The fourth-order valence-electron chi connectivity index (χ4n) is 6.54. The molecule has 0 radical (unpaired) electrons. The van der Waals surface area contributed by atoms with E-state index in [1.54, 1.807) is 12.3 Å². The Morgan fingerprint density at radius 1 is 1.09 bits per heavy atom. The van der Waals surface area contributed by atoms with E-state index in [-0.39, 0.29) is 22.5 Å². The van der Waals surface area contributed by atoms with E-state index in [0.29, 0.717) is 36.4 Å². The first kappa shape index (κ1) is 20.9. The molecule has 8 rings (SSSR count). The summed E-state index contributed by atoms with van der Waals surface area (Å²) in [5, 5.41) is 0.0717. The van der Waals surface area contributed by atoms with Crippen LogP contribution >= 0.6 is 0 Å². The topological polar surface area (TPSA) is 68.2 Å². The smallest absolute Gasteiger partial charge is 0.380 e. The molecule has 0 aromatic carbocycles. The van der Waals surface area contributed by atoms with Crippen molar-refractivity contribution in [3.63, 3.8) is 0 Å². The second-order valence-electron chi connectivity index (χ2n) is 10.2. The zero-order valence-electron chi connectivity index (χ0n) is 18.6. The summed E-state index contributed by atoms with van der Waals surface area (Å²) in [4.78, 5) is 14.4. The zero-order chi connectivity index (χ0) is 23.1. The van der Waals surface area contributed by atoms with Gasteiger partial charge in [-0.15, -0.1) is 0 Å². The number of H-pyrrole nitrogens is 1. The lowest BCUT2D eigenvalue weighted by molar-refractivity contribution is -0.136. The standard InChI is InChI=1S/C24H26F3N5O2/c25-24(26,27)18-10-29-21-17(18)5-14(9-28-21)19-11-32(22(30-19)16-12-34-13-16)20-8-23(6-15(20)7-23)31-1-3-33-4-2-31/h5,9-11,15-16,20H,1-4,6-8,12-13H2,(H,28,29)/t15?,20-,23?/m0/s1. The zero-order valence-corrected chi connectivity index (χ0v) is 18.6. The van der Waals surface area contributed by atoms with Crippen LogP contribution in [0.25, 0.3) is 22.3 Å². The summed E-state index contributed by atoms with van der Waals surface area (Å²) in [5.41, 5.74) is 1.06. The molecule has 5 heterocycles. The molecule has 0 amide bonds. The number of aromatic nitrogens is 4. The van der Waals surface area contributed by atoms with E-state index in [2.05, 4.69) is 19.4 Å².